The van der Waals surface area contributed by atoms with Crippen LogP contribution in [0.1, 0.15) is 29.3 Å². The molecule has 1 aliphatic rings. The van der Waals surface area contributed by atoms with Gasteiger partial charge in [-0.3, -0.25) is 18.7 Å². The van der Waals surface area contributed by atoms with Crippen LogP contribution in [0.15, 0.2) is 76.4 Å². The summed E-state index contributed by atoms with van der Waals surface area (Å²) in [5.74, 6) is -0.0418. The number of likely N-dealkylation sites (tertiary alicyclic amines) is 1. The molecule has 1 amide bonds. The van der Waals surface area contributed by atoms with Crippen LogP contribution in [0.2, 0.25) is 0 Å². The van der Waals surface area contributed by atoms with Crippen LogP contribution >= 0.6 is 11.3 Å². The maximum Gasteiger partial charge on any atom is 0.331 e. The first-order valence-corrected chi connectivity index (χ1v) is 11.9. The van der Waals surface area contributed by atoms with Gasteiger partial charge < -0.3 is 4.90 Å². The van der Waals surface area contributed by atoms with E-state index in [2.05, 4.69) is 6.07 Å². The molecule has 0 N–H and O–H groups in total. The Morgan fingerprint density at radius 3 is 2.64 bits per heavy atom. The highest BCUT2D eigenvalue weighted by Gasteiger charge is 2.27. The zero-order chi connectivity index (χ0) is 22.8. The number of amides is 1. The van der Waals surface area contributed by atoms with Crippen molar-refractivity contribution in [3.63, 3.8) is 0 Å². The summed E-state index contributed by atoms with van der Waals surface area (Å²) in [6.07, 6.45) is 3.33. The van der Waals surface area contributed by atoms with Gasteiger partial charge in [-0.1, -0.05) is 42.5 Å². The van der Waals surface area contributed by atoms with Gasteiger partial charge in [-0.2, -0.15) is 0 Å². The Bertz CT molecular complexity index is 1370. The summed E-state index contributed by atoms with van der Waals surface area (Å²) >= 11 is 1.67. The first kappa shape index (κ1) is 21.3. The number of fused-ring (bicyclic) bond motifs is 1. The van der Waals surface area contributed by atoms with E-state index in [4.69, 9.17) is 4.98 Å². The Balaban J connectivity index is 1.33. The predicted octanol–water partition coefficient (Wildman–Crippen LogP) is 3.07. The largest absolute Gasteiger partial charge is 0.340 e. The summed E-state index contributed by atoms with van der Waals surface area (Å²) < 4.78 is 3.64. The number of rotatable bonds is 5. The smallest absolute Gasteiger partial charge is 0.331 e. The van der Waals surface area contributed by atoms with Crippen molar-refractivity contribution in [2.24, 2.45) is 0 Å². The molecular weight excluding hydrogens is 436 g/mol. The zero-order valence-electron chi connectivity index (χ0n) is 18.1. The third-order valence-corrected chi connectivity index (χ3v) is 7.26. The van der Waals surface area contributed by atoms with Crippen LogP contribution in [-0.2, 0) is 17.9 Å². The summed E-state index contributed by atoms with van der Waals surface area (Å²) in [4.78, 5) is 45.0. The molecule has 1 saturated heterocycles. The van der Waals surface area contributed by atoms with Crippen LogP contribution in [0.4, 0.5) is 0 Å². The van der Waals surface area contributed by atoms with Crippen molar-refractivity contribution in [3.8, 4) is 0 Å². The number of para-hydroxylation sites is 1. The van der Waals surface area contributed by atoms with E-state index in [-0.39, 0.29) is 18.4 Å². The minimum Gasteiger partial charge on any atom is -0.340 e. The molecule has 1 aliphatic heterocycles. The highest BCUT2D eigenvalue weighted by Crippen LogP contribution is 2.32. The molecule has 2 aromatic heterocycles. The van der Waals surface area contributed by atoms with Gasteiger partial charge >= 0.3 is 5.69 Å². The Hall–Kier alpha value is -3.52. The molecule has 1 atom stereocenters. The number of carbonyl (C=O) groups is 1. The molecule has 3 heterocycles. The van der Waals surface area contributed by atoms with Crippen LogP contribution < -0.4 is 11.2 Å². The lowest BCUT2D eigenvalue weighted by atomic mass is 9.98. The Morgan fingerprint density at radius 2 is 1.82 bits per heavy atom. The summed E-state index contributed by atoms with van der Waals surface area (Å²) in [5, 5.41) is 1.04. The number of hydrogen-bond acceptors (Lipinski definition) is 5. The van der Waals surface area contributed by atoms with Gasteiger partial charge in [-0.15, -0.1) is 11.3 Å². The molecule has 1 fully saturated rings. The van der Waals surface area contributed by atoms with Crippen molar-refractivity contribution in [3.05, 3.63) is 98.3 Å². The minimum atomic E-state index is -0.473. The normalized spacial score (nSPS) is 16.2. The van der Waals surface area contributed by atoms with Crippen LogP contribution in [0.25, 0.3) is 10.2 Å². The third-order valence-electron chi connectivity index (χ3n) is 6.06. The van der Waals surface area contributed by atoms with Gasteiger partial charge in [0.25, 0.3) is 5.56 Å². The van der Waals surface area contributed by atoms with Gasteiger partial charge in [0.15, 0.2) is 0 Å². The van der Waals surface area contributed by atoms with E-state index in [0.29, 0.717) is 19.6 Å². The Labute approximate surface area is 194 Å². The molecule has 0 unspecified atom stereocenters. The van der Waals surface area contributed by atoms with Gasteiger partial charge in [-0.05, 0) is 30.5 Å². The first-order chi connectivity index (χ1) is 16.1. The lowest BCUT2D eigenvalue weighted by Crippen LogP contribution is -2.46. The van der Waals surface area contributed by atoms with Crippen molar-refractivity contribution in [2.75, 3.05) is 13.1 Å². The van der Waals surface area contributed by atoms with Gasteiger partial charge in [0, 0.05) is 31.3 Å². The highest BCUT2D eigenvalue weighted by atomic mass is 32.1. The summed E-state index contributed by atoms with van der Waals surface area (Å²) in [6.45, 7) is 1.27. The van der Waals surface area contributed by atoms with Crippen molar-refractivity contribution < 1.29 is 4.79 Å². The number of hydrogen-bond donors (Lipinski definition) is 0. The van der Waals surface area contributed by atoms with E-state index >= 15 is 0 Å². The lowest BCUT2D eigenvalue weighted by Gasteiger charge is -2.32. The Morgan fingerprint density at radius 1 is 1.03 bits per heavy atom. The van der Waals surface area contributed by atoms with E-state index < -0.39 is 11.2 Å². The maximum absolute atomic E-state index is 13.1. The van der Waals surface area contributed by atoms with E-state index in [1.165, 1.54) is 16.8 Å². The summed E-state index contributed by atoms with van der Waals surface area (Å²) in [5.41, 5.74) is 0.999. The Kier molecular flexibility index (Phi) is 5.92. The van der Waals surface area contributed by atoms with Crippen molar-refractivity contribution in [1.29, 1.82) is 0 Å². The fourth-order valence-corrected chi connectivity index (χ4v) is 5.40. The second kappa shape index (κ2) is 9.15. The zero-order valence-corrected chi connectivity index (χ0v) is 18.9. The SMILES string of the molecule is O=C(Cn1c(=O)ccn(Cc2ccccc2)c1=O)N1CCC[C@H](c2nc3ccccc3s2)C1. The molecule has 7 nitrogen and oxygen atoms in total. The van der Waals surface area contributed by atoms with E-state index in [1.54, 1.807) is 16.2 Å². The minimum absolute atomic E-state index is 0.169. The van der Waals surface area contributed by atoms with Crippen molar-refractivity contribution >= 4 is 27.5 Å². The number of benzene rings is 2. The quantitative estimate of drug-likeness (QED) is 0.459. The molecular formula is C25H24N4O3S. The lowest BCUT2D eigenvalue weighted by molar-refractivity contribution is -0.133. The predicted molar refractivity (Wildman–Crippen MR) is 129 cm³/mol. The van der Waals surface area contributed by atoms with E-state index in [9.17, 15) is 14.4 Å². The number of thiazole rings is 1. The molecule has 0 spiro atoms. The second-order valence-corrected chi connectivity index (χ2v) is 9.40. The van der Waals surface area contributed by atoms with Crippen molar-refractivity contribution in [2.45, 2.75) is 31.8 Å². The standard InChI is InChI=1S/C25H24N4O3S/c30-22-12-14-28(15-18-7-2-1-3-8-18)25(32)29(22)17-23(31)27-13-6-9-19(16-27)24-26-20-10-4-5-11-21(20)33-24/h1-5,7-8,10-12,14,19H,6,9,13,15-17H2/t19-/m0/s1. The fraction of sp³-hybridized carbons (Fsp3) is 0.280. The van der Waals surface area contributed by atoms with Gasteiger partial charge in [0.2, 0.25) is 5.91 Å². The monoisotopic (exact) mass is 460 g/mol. The molecule has 2 aromatic carbocycles. The highest BCUT2D eigenvalue weighted by molar-refractivity contribution is 7.18. The van der Waals surface area contributed by atoms with Crippen LogP contribution in [0, 0.1) is 0 Å². The molecule has 4 aromatic rings. The topological polar surface area (TPSA) is 77.2 Å². The molecule has 5 rings (SSSR count). The average molecular weight is 461 g/mol. The summed E-state index contributed by atoms with van der Waals surface area (Å²) in [6, 6.07) is 18.9. The van der Waals surface area contributed by atoms with E-state index in [1.807, 2.05) is 48.5 Å². The van der Waals surface area contributed by atoms with Gasteiger partial charge in [0.05, 0.1) is 21.8 Å². The van der Waals surface area contributed by atoms with Crippen LogP contribution in [0.3, 0.4) is 0 Å². The molecule has 0 aliphatic carbocycles. The number of nitrogens with zero attached hydrogens (tertiary/aromatic N) is 4. The molecule has 168 valence electrons. The first-order valence-electron chi connectivity index (χ1n) is 11.1. The maximum atomic E-state index is 13.1. The number of piperidine rings is 1. The molecule has 0 bridgehead atoms. The van der Waals surface area contributed by atoms with Crippen molar-refractivity contribution in [1.82, 2.24) is 19.0 Å². The second-order valence-electron chi connectivity index (χ2n) is 8.33. The van der Waals surface area contributed by atoms with Gasteiger partial charge in [-0.25, -0.2) is 9.78 Å². The molecule has 8 heteroatoms. The van der Waals surface area contributed by atoms with Gasteiger partial charge in [0.1, 0.15) is 6.54 Å². The summed E-state index contributed by atoms with van der Waals surface area (Å²) in [7, 11) is 0. The molecule has 0 saturated carbocycles. The van der Waals surface area contributed by atoms with Crippen LogP contribution in [-0.4, -0.2) is 38.0 Å². The third kappa shape index (κ3) is 4.52. The number of aromatic nitrogens is 3. The molecule has 0 radical (unpaired) electrons. The number of carbonyl (C=O) groups excluding carboxylic acids is 1. The van der Waals surface area contributed by atoms with Crippen LogP contribution in [0.5, 0.6) is 0 Å². The molecule has 33 heavy (non-hydrogen) atoms. The fourth-order valence-electron chi connectivity index (χ4n) is 4.31. The average Bonchev–Trinajstić information content (AvgIpc) is 3.29. The van der Waals surface area contributed by atoms with E-state index in [0.717, 1.165) is 38.2 Å².